The molecule has 1 N–H and O–H groups in total. The lowest BCUT2D eigenvalue weighted by atomic mass is 10.2. The van der Waals surface area contributed by atoms with Crippen molar-refractivity contribution >= 4 is 16.7 Å². The van der Waals surface area contributed by atoms with Crippen molar-refractivity contribution in [2.24, 2.45) is 0 Å². The van der Waals surface area contributed by atoms with E-state index in [9.17, 15) is 0 Å². The van der Waals surface area contributed by atoms with Crippen molar-refractivity contribution in [3.05, 3.63) is 65.6 Å². The maximum atomic E-state index is 5.72. The maximum Gasteiger partial charge on any atom is 0.213 e. The van der Waals surface area contributed by atoms with Gasteiger partial charge in [0.2, 0.25) is 11.0 Å². The zero-order chi connectivity index (χ0) is 15.2. The van der Waals surface area contributed by atoms with Gasteiger partial charge in [-0.1, -0.05) is 30.3 Å². The SMILES string of the molecule is Cc1nsc(NCc2ccnc(OCc3ccccc3)c2)n1. The third-order valence-corrected chi connectivity index (χ3v) is 3.76. The molecule has 2 heterocycles. The summed E-state index contributed by atoms with van der Waals surface area (Å²) in [6, 6.07) is 13.9. The number of nitrogens with one attached hydrogen (secondary N) is 1. The smallest absolute Gasteiger partial charge is 0.213 e. The third kappa shape index (κ3) is 4.02. The fourth-order valence-electron chi connectivity index (χ4n) is 1.92. The molecule has 22 heavy (non-hydrogen) atoms. The van der Waals surface area contributed by atoms with Gasteiger partial charge in [-0.2, -0.15) is 4.37 Å². The Balaban J connectivity index is 1.57. The van der Waals surface area contributed by atoms with Crippen LogP contribution in [0, 0.1) is 6.92 Å². The molecule has 0 radical (unpaired) electrons. The summed E-state index contributed by atoms with van der Waals surface area (Å²) >= 11 is 1.36. The van der Waals surface area contributed by atoms with Crippen molar-refractivity contribution in [3.8, 4) is 5.88 Å². The van der Waals surface area contributed by atoms with Gasteiger partial charge in [0.05, 0.1) is 0 Å². The molecule has 2 aromatic heterocycles. The molecule has 0 spiro atoms. The van der Waals surface area contributed by atoms with Crippen LogP contribution in [0.25, 0.3) is 0 Å². The van der Waals surface area contributed by atoms with Crippen LogP contribution in [0.5, 0.6) is 5.88 Å². The topological polar surface area (TPSA) is 59.9 Å². The highest BCUT2D eigenvalue weighted by Crippen LogP contribution is 2.15. The van der Waals surface area contributed by atoms with Crippen LogP contribution >= 0.6 is 11.5 Å². The van der Waals surface area contributed by atoms with Crippen LogP contribution in [-0.2, 0) is 13.2 Å². The first-order chi connectivity index (χ1) is 10.8. The van der Waals surface area contributed by atoms with Crippen molar-refractivity contribution in [3.63, 3.8) is 0 Å². The minimum absolute atomic E-state index is 0.514. The average molecular weight is 312 g/mol. The van der Waals surface area contributed by atoms with Gasteiger partial charge >= 0.3 is 0 Å². The second-order valence-electron chi connectivity index (χ2n) is 4.78. The molecule has 112 valence electrons. The normalized spacial score (nSPS) is 10.4. The molecule has 0 aliphatic carbocycles. The number of hydrogen-bond donors (Lipinski definition) is 1. The molecule has 0 aliphatic heterocycles. The van der Waals surface area contributed by atoms with Crippen LogP contribution in [-0.4, -0.2) is 14.3 Å². The summed E-state index contributed by atoms with van der Waals surface area (Å²) in [5.41, 5.74) is 2.21. The molecule has 6 heteroatoms. The predicted molar refractivity (Wildman–Crippen MR) is 87.0 cm³/mol. The van der Waals surface area contributed by atoms with Gasteiger partial charge in [-0.05, 0) is 24.1 Å². The summed E-state index contributed by atoms with van der Waals surface area (Å²) in [6.07, 6.45) is 1.75. The number of nitrogens with zero attached hydrogens (tertiary/aromatic N) is 3. The van der Waals surface area contributed by atoms with Crippen LogP contribution < -0.4 is 10.1 Å². The van der Waals surface area contributed by atoms with Gasteiger partial charge in [0.25, 0.3) is 0 Å². The highest BCUT2D eigenvalue weighted by Gasteiger charge is 2.02. The highest BCUT2D eigenvalue weighted by atomic mass is 32.1. The summed E-state index contributed by atoms with van der Waals surface area (Å²) in [5, 5.41) is 4.06. The number of hydrogen-bond acceptors (Lipinski definition) is 6. The molecule has 0 saturated carbocycles. The van der Waals surface area contributed by atoms with Crippen LogP contribution in [0.3, 0.4) is 0 Å². The number of benzene rings is 1. The Labute approximate surface area is 133 Å². The van der Waals surface area contributed by atoms with E-state index >= 15 is 0 Å². The van der Waals surface area contributed by atoms with Gasteiger partial charge < -0.3 is 10.1 Å². The Morgan fingerprint density at radius 1 is 1.14 bits per heavy atom. The summed E-state index contributed by atoms with van der Waals surface area (Å²) in [7, 11) is 0. The molecule has 3 rings (SSSR count). The molecule has 0 bridgehead atoms. The van der Waals surface area contributed by atoms with Crippen molar-refractivity contribution in [2.45, 2.75) is 20.1 Å². The number of aryl methyl sites for hydroxylation is 1. The molecule has 3 aromatic rings. The minimum atomic E-state index is 0.514. The third-order valence-electron chi connectivity index (χ3n) is 3.00. The number of aromatic nitrogens is 3. The van der Waals surface area contributed by atoms with Gasteiger partial charge in [0, 0.05) is 30.3 Å². The minimum Gasteiger partial charge on any atom is -0.473 e. The van der Waals surface area contributed by atoms with E-state index in [0.717, 1.165) is 22.1 Å². The van der Waals surface area contributed by atoms with Crippen LogP contribution in [0.15, 0.2) is 48.7 Å². The van der Waals surface area contributed by atoms with Gasteiger partial charge in [-0.15, -0.1) is 0 Å². The molecule has 0 aliphatic rings. The Morgan fingerprint density at radius 3 is 2.77 bits per heavy atom. The lowest BCUT2D eigenvalue weighted by Crippen LogP contribution is -2.01. The van der Waals surface area contributed by atoms with Gasteiger partial charge in [-0.25, -0.2) is 9.97 Å². The van der Waals surface area contributed by atoms with Crippen LogP contribution in [0.4, 0.5) is 5.13 Å². The molecular formula is C16H16N4OS. The van der Waals surface area contributed by atoms with Gasteiger partial charge in [-0.3, -0.25) is 0 Å². The molecule has 0 fully saturated rings. The number of rotatable bonds is 6. The number of anilines is 1. The van der Waals surface area contributed by atoms with E-state index in [1.54, 1.807) is 6.20 Å². The first kappa shape index (κ1) is 14.5. The lowest BCUT2D eigenvalue weighted by Gasteiger charge is -2.07. The lowest BCUT2D eigenvalue weighted by molar-refractivity contribution is 0.293. The average Bonchev–Trinajstić information content (AvgIpc) is 2.98. The molecular weight excluding hydrogens is 296 g/mol. The molecule has 0 atom stereocenters. The Kier molecular flexibility index (Phi) is 4.60. The van der Waals surface area contributed by atoms with E-state index in [1.807, 2.05) is 49.4 Å². The molecule has 1 aromatic carbocycles. The summed E-state index contributed by atoms with van der Waals surface area (Å²) in [5.74, 6) is 1.41. The monoisotopic (exact) mass is 312 g/mol. The summed E-state index contributed by atoms with van der Waals surface area (Å²) in [4.78, 5) is 8.51. The van der Waals surface area contributed by atoms with Crippen molar-refractivity contribution in [1.29, 1.82) is 0 Å². The van der Waals surface area contributed by atoms with E-state index < -0.39 is 0 Å². The maximum absolute atomic E-state index is 5.72. The van der Waals surface area contributed by atoms with Crippen LogP contribution in [0.2, 0.25) is 0 Å². The number of ether oxygens (including phenoxy) is 1. The van der Waals surface area contributed by atoms with E-state index in [1.165, 1.54) is 11.5 Å². The van der Waals surface area contributed by atoms with Gasteiger partial charge in [0.15, 0.2) is 0 Å². The molecule has 5 nitrogen and oxygen atoms in total. The molecule has 0 unspecified atom stereocenters. The Bertz CT molecular complexity index is 730. The second kappa shape index (κ2) is 7.00. The fraction of sp³-hybridized carbons (Fsp3) is 0.188. The standard InChI is InChI=1S/C16H16N4OS/c1-12-19-16(22-20-12)18-10-14-7-8-17-15(9-14)21-11-13-5-3-2-4-6-13/h2-9H,10-11H2,1H3,(H,18,19,20). The van der Waals surface area contributed by atoms with E-state index in [4.69, 9.17) is 4.74 Å². The number of pyridine rings is 1. The Morgan fingerprint density at radius 2 is 2.00 bits per heavy atom. The van der Waals surface area contributed by atoms with Crippen molar-refractivity contribution < 1.29 is 4.74 Å². The fourth-order valence-corrected chi connectivity index (χ4v) is 2.49. The van der Waals surface area contributed by atoms with Crippen molar-refractivity contribution in [1.82, 2.24) is 14.3 Å². The van der Waals surface area contributed by atoms with Crippen molar-refractivity contribution in [2.75, 3.05) is 5.32 Å². The summed E-state index contributed by atoms with van der Waals surface area (Å²) in [6.45, 7) is 3.06. The molecule has 0 amide bonds. The van der Waals surface area contributed by atoms with E-state index in [-0.39, 0.29) is 0 Å². The predicted octanol–water partition coefficient (Wildman–Crippen LogP) is 3.43. The second-order valence-corrected chi connectivity index (χ2v) is 5.53. The van der Waals surface area contributed by atoms with Gasteiger partial charge in [0.1, 0.15) is 12.4 Å². The quantitative estimate of drug-likeness (QED) is 0.755. The highest BCUT2D eigenvalue weighted by molar-refractivity contribution is 7.09. The Hall–Kier alpha value is -2.47. The summed E-state index contributed by atoms with van der Waals surface area (Å²) < 4.78 is 9.87. The molecule has 0 saturated heterocycles. The largest absolute Gasteiger partial charge is 0.473 e. The zero-order valence-electron chi connectivity index (χ0n) is 12.2. The van der Waals surface area contributed by atoms with Crippen LogP contribution in [0.1, 0.15) is 17.0 Å². The zero-order valence-corrected chi connectivity index (χ0v) is 13.0. The van der Waals surface area contributed by atoms with E-state index in [0.29, 0.717) is 19.0 Å². The first-order valence-corrected chi connectivity index (χ1v) is 7.73. The first-order valence-electron chi connectivity index (χ1n) is 6.95. The van der Waals surface area contributed by atoms with E-state index in [2.05, 4.69) is 19.7 Å².